The van der Waals surface area contributed by atoms with Crippen LogP contribution < -0.4 is 0 Å². The fourth-order valence-corrected chi connectivity index (χ4v) is 8.06. The number of unbranched alkanes of at least 4 members (excludes halogenated alkanes) is 18. The lowest BCUT2D eigenvalue weighted by molar-refractivity contribution is 0.00689. The van der Waals surface area contributed by atoms with Crippen LogP contribution in [0.15, 0.2) is 9.98 Å². The predicted molar refractivity (Wildman–Crippen MR) is 181 cm³/mol. The van der Waals surface area contributed by atoms with E-state index in [4.69, 9.17) is 0 Å². The van der Waals surface area contributed by atoms with E-state index in [1.165, 1.54) is 173 Å². The van der Waals surface area contributed by atoms with Gasteiger partial charge >= 0.3 is 0 Å². The normalized spacial score (nSPS) is 20.2. The van der Waals surface area contributed by atoms with Gasteiger partial charge in [0.1, 0.15) is 0 Å². The molecular weight excluding hydrogens is 516 g/mol. The van der Waals surface area contributed by atoms with E-state index < -0.39 is 0 Å². The molecule has 42 heavy (non-hydrogen) atoms. The highest BCUT2D eigenvalue weighted by molar-refractivity contribution is 5.32. The zero-order valence-electron chi connectivity index (χ0n) is 28.3. The van der Waals surface area contributed by atoms with E-state index in [0.29, 0.717) is 18.5 Å². The quantitative estimate of drug-likeness (QED) is 0.0477. The van der Waals surface area contributed by atoms with Gasteiger partial charge in [-0.05, 0) is 55.8 Å². The molecule has 4 nitrogen and oxygen atoms in total. The Balaban J connectivity index is 2.79. The van der Waals surface area contributed by atoms with Crippen LogP contribution in [0.25, 0.3) is 0 Å². The van der Waals surface area contributed by atoms with Gasteiger partial charge in [-0.3, -0.25) is 0 Å². The van der Waals surface area contributed by atoms with Gasteiger partial charge in [0.25, 0.3) is 0 Å². The minimum Gasteiger partial charge on any atom is -0.211 e. The maximum atomic E-state index is 10.3. The molecule has 0 aliphatic heterocycles. The van der Waals surface area contributed by atoms with Gasteiger partial charge in [0, 0.05) is 0 Å². The van der Waals surface area contributed by atoms with Crippen LogP contribution in [0.5, 0.6) is 0 Å². The first-order chi connectivity index (χ1) is 20.7. The largest absolute Gasteiger partial charge is 0.234 e. The summed E-state index contributed by atoms with van der Waals surface area (Å²) in [5, 5.41) is 0. The van der Waals surface area contributed by atoms with Gasteiger partial charge in [-0.1, -0.05) is 162 Å². The molecule has 0 heterocycles. The number of aliphatic imine (C=N–C) groups is 2. The van der Waals surface area contributed by atoms with Crippen molar-refractivity contribution >= 4 is 12.2 Å². The summed E-state index contributed by atoms with van der Waals surface area (Å²) in [4.78, 5) is 28.0. The summed E-state index contributed by atoms with van der Waals surface area (Å²) >= 11 is 0. The maximum absolute atomic E-state index is 10.3. The van der Waals surface area contributed by atoms with E-state index in [9.17, 15) is 9.59 Å². The molecule has 0 N–H and O–H groups in total. The molecule has 0 amide bonds. The number of nitrogens with zero attached hydrogens (tertiary/aromatic N) is 2. The van der Waals surface area contributed by atoms with Gasteiger partial charge in [0.15, 0.2) is 0 Å². The molecule has 4 heteroatoms. The maximum Gasteiger partial charge on any atom is 0.234 e. The number of hydrogen-bond acceptors (Lipinski definition) is 4. The highest BCUT2D eigenvalue weighted by atomic mass is 16.1. The molecule has 1 rings (SSSR count). The minimum absolute atomic E-state index is 0.578. The second-order valence-electron chi connectivity index (χ2n) is 13.7. The first kappa shape index (κ1) is 38.8. The lowest BCUT2D eigenvalue weighted by Crippen LogP contribution is -2.39. The van der Waals surface area contributed by atoms with Crippen LogP contribution in [0.3, 0.4) is 0 Å². The molecule has 1 saturated carbocycles. The molecule has 1 aliphatic carbocycles. The highest BCUT2D eigenvalue weighted by Gasteiger charge is 2.43. The second-order valence-corrected chi connectivity index (χ2v) is 13.7. The molecular formula is C38H70N2O2. The fourth-order valence-electron chi connectivity index (χ4n) is 8.06. The zero-order chi connectivity index (χ0) is 30.4. The lowest BCUT2D eigenvalue weighted by Gasteiger charge is -2.50. The molecule has 1 aliphatic rings. The molecule has 0 aromatic heterocycles. The number of isocyanates is 2. The molecule has 2 unspecified atom stereocenters. The smallest absolute Gasteiger partial charge is 0.211 e. The van der Waals surface area contributed by atoms with E-state index in [2.05, 4.69) is 23.8 Å². The Morgan fingerprint density at radius 3 is 1.50 bits per heavy atom. The monoisotopic (exact) mass is 587 g/mol. The highest BCUT2D eigenvalue weighted by Crippen LogP contribution is 2.54. The lowest BCUT2D eigenvalue weighted by atomic mass is 9.55. The summed E-state index contributed by atoms with van der Waals surface area (Å²) in [6.45, 7) is 5.97. The second kappa shape index (κ2) is 28.5. The van der Waals surface area contributed by atoms with Crippen molar-refractivity contribution in [3.63, 3.8) is 0 Å². The van der Waals surface area contributed by atoms with Crippen LogP contribution >= 0.6 is 0 Å². The van der Waals surface area contributed by atoms with Crippen LogP contribution in [-0.4, -0.2) is 25.2 Å². The molecule has 2 atom stereocenters. The Morgan fingerprint density at radius 1 is 0.548 bits per heavy atom. The molecule has 0 saturated heterocycles. The zero-order valence-corrected chi connectivity index (χ0v) is 28.3. The third-order valence-electron chi connectivity index (χ3n) is 10.4. The van der Waals surface area contributed by atoms with Crippen molar-refractivity contribution in [3.8, 4) is 0 Å². The Bertz CT molecular complexity index is 661. The van der Waals surface area contributed by atoms with Crippen molar-refractivity contribution in [3.05, 3.63) is 0 Å². The van der Waals surface area contributed by atoms with Gasteiger partial charge in [0.05, 0.1) is 13.1 Å². The average molecular weight is 587 g/mol. The van der Waals surface area contributed by atoms with Gasteiger partial charge in [-0.15, -0.1) is 0 Å². The summed E-state index contributed by atoms with van der Waals surface area (Å²) in [6.07, 6.45) is 43.0. The van der Waals surface area contributed by atoms with Crippen molar-refractivity contribution in [1.29, 1.82) is 0 Å². The van der Waals surface area contributed by atoms with Crippen LogP contribution in [0.2, 0.25) is 0 Å². The van der Waals surface area contributed by atoms with E-state index in [1.807, 2.05) is 0 Å². The third-order valence-corrected chi connectivity index (χ3v) is 10.4. The Kier molecular flexibility index (Phi) is 26.3. The number of rotatable bonds is 30. The van der Waals surface area contributed by atoms with Crippen molar-refractivity contribution < 1.29 is 9.59 Å². The first-order valence-electron chi connectivity index (χ1n) is 18.8. The van der Waals surface area contributed by atoms with Gasteiger partial charge in [0.2, 0.25) is 12.2 Å². The minimum atomic E-state index is 0.578. The van der Waals surface area contributed by atoms with Crippen LogP contribution in [0, 0.1) is 17.3 Å². The SMILES string of the molecule is CCCCCCCCC1C(CCCCCC)CCCC1(CCCCCCCCN=C=O)CCCCCCCCN=C=O. The van der Waals surface area contributed by atoms with Crippen LogP contribution in [-0.2, 0) is 9.59 Å². The molecule has 0 spiro atoms. The number of carbonyl (C=O) groups excluding carboxylic acids is 2. The Labute approximate surface area is 261 Å². The number of hydrogen-bond donors (Lipinski definition) is 0. The summed E-state index contributed by atoms with van der Waals surface area (Å²) in [7, 11) is 0. The molecule has 1 fully saturated rings. The topological polar surface area (TPSA) is 58.9 Å². The fraction of sp³-hybridized carbons (Fsp3) is 0.947. The standard InChI is InChI=1S/C38H70N2O2/c1-3-5-7-9-14-20-28-37-36(26-19-8-6-4-2)27-25-31-38(37,29-21-15-10-12-17-23-32-39-34-41)30-22-16-11-13-18-24-33-40-35-42/h36-37H,3-33H2,1-2H3. The van der Waals surface area contributed by atoms with E-state index >= 15 is 0 Å². The van der Waals surface area contributed by atoms with Crippen molar-refractivity contribution in [2.24, 2.45) is 27.2 Å². The van der Waals surface area contributed by atoms with Crippen molar-refractivity contribution in [2.45, 2.75) is 200 Å². The summed E-state index contributed by atoms with van der Waals surface area (Å²) in [5.41, 5.74) is 0.578. The van der Waals surface area contributed by atoms with Gasteiger partial charge in [-0.25, -0.2) is 19.6 Å². The summed E-state index contributed by atoms with van der Waals surface area (Å²) < 4.78 is 0. The van der Waals surface area contributed by atoms with Crippen molar-refractivity contribution in [1.82, 2.24) is 0 Å². The third kappa shape index (κ3) is 19.1. The van der Waals surface area contributed by atoms with E-state index in [1.54, 1.807) is 12.2 Å². The summed E-state index contributed by atoms with van der Waals surface area (Å²) in [5.74, 6) is 1.91. The summed E-state index contributed by atoms with van der Waals surface area (Å²) in [6, 6.07) is 0. The predicted octanol–water partition coefficient (Wildman–Crippen LogP) is 12.2. The van der Waals surface area contributed by atoms with Crippen LogP contribution in [0.4, 0.5) is 0 Å². The van der Waals surface area contributed by atoms with Gasteiger partial charge < -0.3 is 0 Å². The Morgan fingerprint density at radius 2 is 0.976 bits per heavy atom. The first-order valence-corrected chi connectivity index (χ1v) is 18.8. The van der Waals surface area contributed by atoms with Gasteiger partial charge in [-0.2, -0.15) is 0 Å². The Hall–Kier alpha value is -1.24. The molecule has 0 aromatic rings. The molecule has 0 bridgehead atoms. The van der Waals surface area contributed by atoms with Crippen LogP contribution in [0.1, 0.15) is 200 Å². The van der Waals surface area contributed by atoms with E-state index in [0.717, 1.165) is 24.7 Å². The molecule has 0 radical (unpaired) electrons. The molecule has 0 aromatic carbocycles. The average Bonchev–Trinajstić information content (AvgIpc) is 3.00. The van der Waals surface area contributed by atoms with E-state index in [-0.39, 0.29) is 0 Å². The van der Waals surface area contributed by atoms with Crippen molar-refractivity contribution in [2.75, 3.05) is 13.1 Å². The molecule has 244 valence electrons.